The van der Waals surface area contributed by atoms with Crippen molar-refractivity contribution < 1.29 is 4.42 Å². The summed E-state index contributed by atoms with van der Waals surface area (Å²) in [4.78, 5) is 0. The lowest BCUT2D eigenvalue weighted by Crippen LogP contribution is -1.83. The number of nitrogen functional groups attached to an aromatic ring is 1. The fourth-order valence-electron chi connectivity index (χ4n) is 1.19. The molecule has 1 heterocycles. The Morgan fingerprint density at radius 2 is 1.31 bits per heavy atom. The van der Waals surface area contributed by atoms with Gasteiger partial charge in [-0.15, -0.1) is 0 Å². The van der Waals surface area contributed by atoms with Crippen LogP contribution in [0.3, 0.4) is 0 Å². The van der Waals surface area contributed by atoms with Gasteiger partial charge in [0.1, 0.15) is 0 Å². The fraction of sp³-hybridized carbons (Fsp3) is 0. The summed E-state index contributed by atoms with van der Waals surface area (Å²) in [5.74, 6) is 0. The zero-order valence-corrected chi connectivity index (χ0v) is 7.10. The molecule has 0 saturated heterocycles. The third kappa shape index (κ3) is 1.67. The van der Waals surface area contributed by atoms with Crippen molar-refractivity contribution in [3.05, 3.63) is 48.9 Å². The van der Waals surface area contributed by atoms with Gasteiger partial charge in [0.05, 0.1) is 0 Å². The Morgan fingerprint density at radius 3 is 1.92 bits per heavy atom. The number of anilines is 1. The number of rotatable bonds is 1. The molecule has 2 N–H and O–H groups in total. The van der Waals surface area contributed by atoms with Gasteiger partial charge in [-0.05, 0) is 23.3 Å². The zero-order valence-electron chi connectivity index (χ0n) is 7.10. The smallest absolute Gasteiger partial charge is 0.318 e. The molecule has 0 unspecified atom stereocenters. The second-order valence-corrected chi connectivity index (χ2v) is 2.82. The van der Waals surface area contributed by atoms with Gasteiger partial charge >= 0.3 is 12.5 Å². The molecule has 0 amide bonds. The van der Waals surface area contributed by atoms with E-state index < -0.39 is 0 Å². The molecule has 13 heavy (non-hydrogen) atoms. The normalized spacial score (nSPS) is 9.85. The van der Waals surface area contributed by atoms with Crippen molar-refractivity contribution in [1.29, 1.82) is 0 Å². The molecular weight excluding hydrogens is 162 g/mol. The first kappa shape index (κ1) is 7.80. The van der Waals surface area contributed by atoms with E-state index in [1.807, 2.05) is 36.4 Å². The lowest BCUT2D eigenvalue weighted by molar-refractivity contribution is 0.551. The Morgan fingerprint density at radius 1 is 0.769 bits per heavy atom. The molecule has 2 nitrogen and oxygen atoms in total. The molecule has 2 rings (SSSR count). The highest BCUT2D eigenvalue weighted by atomic mass is 16.3. The summed E-state index contributed by atoms with van der Waals surface area (Å²) in [6, 6.07) is 11.6. The topological polar surface area (TPSA) is 37.3 Å². The van der Waals surface area contributed by atoms with E-state index in [1.54, 1.807) is 12.5 Å². The van der Waals surface area contributed by atoms with E-state index in [0.29, 0.717) is 0 Å². The second kappa shape index (κ2) is 3.27. The molecule has 0 spiro atoms. The van der Waals surface area contributed by atoms with E-state index >= 15 is 0 Å². The molecule has 0 atom stereocenters. The van der Waals surface area contributed by atoms with Crippen LogP contribution in [-0.4, -0.2) is 0 Å². The van der Waals surface area contributed by atoms with Crippen LogP contribution in [0, 0.1) is 0 Å². The predicted octanol–water partition coefficient (Wildman–Crippen LogP) is 2.81. The van der Waals surface area contributed by atoms with Crippen LogP contribution in [-0.2, 0) is 0 Å². The summed E-state index contributed by atoms with van der Waals surface area (Å²) in [6.07, 6.45) is 3.32. The third-order valence-corrected chi connectivity index (χ3v) is 1.90. The molecule has 0 aliphatic rings. The molecule has 2 heteroatoms. The van der Waals surface area contributed by atoms with Crippen molar-refractivity contribution in [3.63, 3.8) is 0 Å². The van der Waals surface area contributed by atoms with Crippen LogP contribution in [0.25, 0.3) is 11.1 Å². The van der Waals surface area contributed by atoms with Crippen LogP contribution in [0.4, 0.5) is 5.69 Å². The Balaban J connectivity index is 2.42. The quantitative estimate of drug-likeness (QED) is 0.530. The van der Waals surface area contributed by atoms with Crippen molar-refractivity contribution in [2.24, 2.45) is 0 Å². The molecule has 1 aromatic carbocycles. The molecule has 64 valence electrons. The van der Waals surface area contributed by atoms with Crippen molar-refractivity contribution in [3.8, 4) is 11.1 Å². The second-order valence-electron chi connectivity index (χ2n) is 2.82. The van der Waals surface area contributed by atoms with Gasteiger partial charge in [0.15, 0.2) is 0 Å². The van der Waals surface area contributed by atoms with E-state index in [9.17, 15) is 0 Å². The standard InChI is InChI=1S/C11H10NO/c12-11-3-1-9(2-4-11)10-5-7-13-8-6-10/h1-8H,12H2/q+1. The molecule has 2 aromatic rings. The maximum Gasteiger partial charge on any atom is 0.318 e. The highest BCUT2D eigenvalue weighted by molar-refractivity contribution is 5.64. The van der Waals surface area contributed by atoms with E-state index in [0.717, 1.165) is 16.8 Å². The monoisotopic (exact) mass is 172 g/mol. The highest BCUT2D eigenvalue weighted by Gasteiger charge is 1.98. The summed E-state index contributed by atoms with van der Waals surface area (Å²) in [5.41, 5.74) is 8.64. The van der Waals surface area contributed by atoms with Crippen LogP contribution < -0.4 is 5.73 Å². The molecule has 1 aromatic heterocycles. The largest absolute Gasteiger partial charge is 0.399 e. The van der Waals surface area contributed by atoms with Gasteiger partial charge in [0.2, 0.25) is 0 Å². The third-order valence-electron chi connectivity index (χ3n) is 1.90. The van der Waals surface area contributed by atoms with Gasteiger partial charge < -0.3 is 5.73 Å². The first-order chi connectivity index (χ1) is 6.36. The van der Waals surface area contributed by atoms with Gasteiger partial charge in [-0.2, -0.15) is 0 Å². The molecule has 0 saturated carbocycles. The van der Waals surface area contributed by atoms with E-state index in [2.05, 4.69) is 0 Å². The Hall–Kier alpha value is -1.83. The van der Waals surface area contributed by atoms with Gasteiger partial charge in [0, 0.05) is 17.8 Å². The number of hydrogen-bond donors (Lipinski definition) is 1. The first-order valence-electron chi connectivity index (χ1n) is 4.08. The van der Waals surface area contributed by atoms with Gasteiger partial charge in [0.25, 0.3) is 0 Å². The number of benzene rings is 1. The minimum Gasteiger partial charge on any atom is -0.399 e. The summed E-state index contributed by atoms with van der Waals surface area (Å²) in [6.45, 7) is 0. The van der Waals surface area contributed by atoms with Crippen molar-refractivity contribution in [2.45, 2.75) is 0 Å². The molecule has 0 aliphatic carbocycles. The average Bonchev–Trinajstić information content (AvgIpc) is 2.20. The molecular formula is C11H10NO+. The summed E-state index contributed by atoms with van der Waals surface area (Å²) in [7, 11) is 0. The SMILES string of the molecule is Nc1ccc(-c2cc[o+]cc2)cc1. The van der Waals surface area contributed by atoms with Crippen LogP contribution in [0.15, 0.2) is 53.3 Å². The van der Waals surface area contributed by atoms with Crippen LogP contribution in [0.1, 0.15) is 0 Å². The Kier molecular flexibility index (Phi) is 1.96. The van der Waals surface area contributed by atoms with Crippen LogP contribution in [0.2, 0.25) is 0 Å². The molecule has 0 bridgehead atoms. The summed E-state index contributed by atoms with van der Waals surface area (Å²) in [5, 5.41) is 0. The van der Waals surface area contributed by atoms with Crippen molar-refractivity contribution >= 4 is 5.69 Å². The Labute approximate surface area is 76.6 Å². The van der Waals surface area contributed by atoms with Gasteiger partial charge in [-0.1, -0.05) is 12.1 Å². The zero-order chi connectivity index (χ0) is 9.10. The lowest BCUT2D eigenvalue weighted by Gasteiger charge is -1.98. The van der Waals surface area contributed by atoms with Gasteiger partial charge in [-0.25, -0.2) is 4.42 Å². The first-order valence-corrected chi connectivity index (χ1v) is 4.08. The van der Waals surface area contributed by atoms with Crippen LogP contribution >= 0.6 is 0 Å². The van der Waals surface area contributed by atoms with Crippen molar-refractivity contribution in [2.75, 3.05) is 5.73 Å². The lowest BCUT2D eigenvalue weighted by atomic mass is 10.1. The minimum atomic E-state index is 0.782. The van der Waals surface area contributed by atoms with Crippen molar-refractivity contribution in [1.82, 2.24) is 0 Å². The molecule has 0 radical (unpaired) electrons. The maximum absolute atomic E-state index is 5.59. The highest BCUT2D eigenvalue weighted by Crippen LogP contribution is 2.19. The van der Waals surface area contributed by atoms with E-state index in [4.69, 9.17) is 10.2 Å². The molecule has 0 fully saturated rings. The summed E-state index contributed by atoms with van der Waals surface area (Å²) >= 11 is 0. The maximum atomic E-state index is 5.59. The Bertz CT molecular complexity index is 381. The minimum absolute atomic E-state index is 0.782. The number of hydrogen-bond acceptors (Lipinski definition) is 1. The van der Waals surface area contributed by atoms with Gasteiger partial charge in [-0.3, -0.25) is 0 Å². The molecule has 0 aliphatic heterocycles. The van der Waals surface area contributed by atoms with E-state index in [-0.39, 0.29) is 0 Å². The number of nitrogens with two attached hydrogens (primary N) is 1. The average molecular weight is 172 g/mol. The van der Waals surface area contributed by atoms with E-state index in [1.165, 1.54) is 0 Å². The summed E-state index contributed by atoms with van der Waals surface area (Å²) < 4.78 is 4.94. The van der Waals surface area contributed by atoms with Crippen LogP contribution in [0.5, 0.6) is 0 Å². The predicted molar refractivity (Wildman–Crippen MR) is 53.0 cm³/mol. The fourth-order valence-corrected chi connectivity index (χ4v) is 1.19.